The molecule has 0 bridgehead atoms. The average Bonchev–Trinajstić information content (AvgIpc) is 2.54. The number of pyridine rings is 1. The third-order valence-corrected chi connectivity index (χ3v) is 3.71. The lowest BCUT2D eigenvalue weighted by atomic mass is 10.1. The predicted molar refractivity (Wildman–Crippen MR) is 90.5 cm³/mol. The maximum atomic E-state index is 12.2. The van der Waals surface area contributed by atoms with Gasteiger partial charge in [0.1, 0.15) is 0 Å². The molecule has 1 N–H and O–H groups in total. The Kier molecular flexibility index (Phi) is 4.03. The number of rotatable bonds is 3. The zero-order valence-electron chi connectivity index (χ0n) is 11.7. The number of fused-ring (bicyclic) bond motifs is 1. The van der Waals surface area contributed by atoms with Gasteiger partial charge < -0.3 is 5.32 Å². The summed E-state index contributed by atoms with van der Waals surface area (Å²) >= 11 is 3.26. The Morgan fingerprint density at radius 3 is 2.74 bits per heavy atom. The lowest BCUT2D eigenvalue weighted by Gasteiger charge is -2.07. The van der Waals surface area contributed by atoms with Crippen LogP contribution in [0, 0.1) is 10.1 Å². The highest BCUT2D eigenvalue weighted by molar-refractivity contribution is 9.10. The summed E-state index contributed by atoms with van der Waals surface area (Å²) in [5.41, 5.74) is 0.876. The fourth-order valence-corrected chi connectivity index (χ4v) is 2.60. The summed E-state index contributed by atoms with van der Waals surface area (Å²) in [5, 5.41) is 15.0. The minimum atomic E-state index is -0.438. The first kappa shape index (κ1) is 15.1. The summed E-state index contributed by atoms with van der Waals surface area (Å²) in [6.07, 6.45) is 3.03. The molecule has 0 aliphatic carbocycles. The number of hydrogen-bond acceptors (Lipinski definition) is 4. The van der Waals surface area contributed by atoms with Gasteiger partial charge in [0.25, 0.3) is 11.6 Å². The first-order valence-electron chi connectivity index (χ1n) is 6.64. The molecule has 6 nitrogen and oxygen atoms in total. The molecule has 1 amide bonds. The standard InChI is InChI=1S/C16H10BrN3O3/c17-12-6-11(8-18-9-12)16(21)19-13-5-4-10-2-1-3-15(20(22)23)14(10)7-13/h1-9H,(H,19,21). The summed E-state index contributed by atoms with van der Waals surface area (Å²) in [5.74, 6) is -0.336. The van der Waals surface area contributed by atoms with Crippen LogP contribution in [0.25, 0.3) is 10.8 Å². The molecule has 0 saturated heterocycles. The van der Waals surface area contributed by atoms with Gasteiger partial charge in [0.2, 0.25) is 0 Å². The number of hydrogen-bond donors (Lipinski definition) is 1. The molecule has 23 heavy (non-hydrogen) atoms. The van der Waals surface area contributed by atoms with Gasteiger partial charge in [-0.25, -0.2) is 0 Å². The van der Waals surface area contributed by atoms with E-state index in [4.69, 9.17) is 0 Å². The SMILES string of the molecule is O=C(Nc1ccc2cccc([N+](=O)[O-])c2c1)c1cncc(Br)c1. The zero-order chi connectivity index (χ0) is 16.4. The van der Waals surface area contributed by atoms with Crippen LogP contribution >= 0.6 is 15.9 Å². The van der Waals surface area contributed by atoms with Gasteiger partial charge in [-0.15, -0.1) is 0 Å². The number of nitro benzene ring substituents is 1. The predicted octanol–water partition coefficient (Wildman–Crippen LogP) is 4.16. The van der Waals surface area contributed by atoms with Crippen LogP contribution < -0.4 is 5.32 Å². The molecular weight excluding hydrogens is 362 g/mol. The maximum absolute atomic E-state index is 12.2. The molecule has 0 aliphatic rings. The highest BCUT2D eigenvalue weighted by Gasteiger charge is 2.13. The summed E-state index contributed by atoms with van der Waals surface area (Å²) in [6.45, 7) is 0. The molecule has 0 unspecified atom stereocenters. The van der Waals surface area contributed by atoms with E-state index < -0.39 is 4.92 Å². The summed E-state index contributed by atoms with van der Waals surface area (Å²) in [6, 6.07) is 11.5. The number of benzene rings is 2. The van der Waals surface area contributed by atoms with Crippen LogP contribution in [0.5, 0.6) is 0 Å². The molecule has 7 heteroatoms. The van der Waals surface area contributed by atoms with E-state index in [0.717, 1.165) is 5.39 Å². The summed E-state index contributed by atoms with van der Waals surface area (Å²) < 4.78 is 0.694. The zero-order valence-corrected chi connectivity index (χ0v) is 13.3. The number of nitrogens with one attached hydrogen (secondary N) is 1. The number of halogens is 1. The Bertz CT molecular complexity index is 927. The van der Waals surface area contributed by atoms with Gasteiger partial charge in [-0.3, -0.25) is 19.9 Å². The van der Waals surface area contributed by atoms with Crippen LogP contribution in [0.2, 0.25) is 0 Å². The molecule has 0 radical (unpaired) electrons. The van der Waals surface area contributed by atoms with E-state index >= 15 is 0 Å². The number of aromatic nitrogens is 1. The second-order valence-corrected chi connectivity index (χ2v) is 5.73. The Hall–Kier alpha value is -2.80. The monoisotopic (exact) mass is 371 g/mol. The van der Waals surface area contributed by atoms with Crippen LogP contribution in [0.1, 0.15) is 10.4 Å². The van der Waals surface area contributed by atoms with Crippen molar-refractivity contribution in [3.8, 4) is 0 Å². The Morgan fingerprint density at radius 1 is 1.17 bits per heavy atom. The Morgan fingerprint density at radius 2 is 2.00 bits per heavy atom. The van der Waals surface area contributed by atoms with Crippen molar-refractivity contribution in [3.63, 3.8) is 0 Å². The Balaban J connectivity index is 1.96. The molecule has 3 aromatic rings. The highest BCUT2D eigenvalue weighted by Crippen LogP contribution is 2.28. The highest BCUT2D eigenvalue weighted by atomic mass is 79.9. The van der Waals surface area contributed by atoms with Crippen LogP contribution in [0.15, 0.2) is 59.3 Å². The first-order valence-corrected chi connectivity index (χ1v) is 7.43. The molecule has 3 rings (SSSR count). The van der Waals surface area contributed by atoms with Crippen LogP contribution in [-0.4, -0.2) is 15.8 Å². The molecule has 0 saturated carbocycles. The van der Waals surface area contributed by atoms with Crippen LogP contribution in [0.4, 0.5) is 11.4 Å². The fourth-order valence-electron chi connectivity index (χ4n) is 2.23. The van der Waals surface area contributed by atoms with E-state index in [1.54, 1.807) is 42.6 Å². The number of nitrogens with zero attached hydrogens (tertiary/aromatic N) is 2. The van der Waals surface area contributed by atoms with E-state index in [-0.39, 0.29) is 11.6 Å². The topological polar surface area (TPSA) is 85.1 Å². The van der Waals surface area contributed by atoms with Gasteiger partial charge in [-0.2, -0.15) is 0 Å². The first-order chi connectivity index (χ1) is 11.0. The number of anilines is 1. The third-order valence-electron chi connectivity index (χ3n) is 3.28. The summed E-state index contributed by atoms with van der Waals surface area (Å²) in [7, 11) is 0. The number of nitro groups is 1. The van der Waals surface area contributed by atoms with Crippen molar-refractivity contribution < 1.29 is 9.72 Å². The van der Waals surface area contributed by atoms with Crippen LogP contribution in [0.3, 0.4) is 0 Å². The minimum absolute atomic E-state index is 0.00252. The van der Waals surface area contributed by atoms with Crippen molar-refractivity contribution in [2.75, 3.05) is 5.32 Å². The van der Waals surface area contributed by atoms with E-state index in [1.807, 2.05) is 0 Å². The van der Waals surface area contributed by atoms with E-state index in [0.29, 0.717) is 21.1 Å². The fraction of sp³-hybridized carbons (Fsp3) is 0. The van der Waals surface area contributed by atoms with Gasteiger partial charge in [-0.05, 0) is 39.5 Å². The largest absolute Gasteiger partial charge is 0.322 e. The lowest BCUT2D eigenvalue weighted by molar-refractivity contribution is -0.383. The minimum Gasteiger partial charge on any atom is -0.322 e. The average molecular weight is 372 g/mol. The van der Waals surface area contributed by atoms with Crippen molar-refractivity contribution in [2.24, 2.45) is 0 Å². The normalized spacial score (nSPS) is 10.5. The number of non-ortho nitro benzene ring substituents is 1. The third kappa shape index (κ3) is 3.19. The van der Waals surface area contributed by atoms with Crippen molar-refractivity contribution in [3.05, 3.63) is 75.0 Å². The molecule has 1 heterocycles. The van der Waals surface area contributed by atoms with Gasteiger partial charge in [0.15, 0.2) is 0 Å². The molecule has 1 aromatic heterocycles. The Labute approximate surface area is 139 Å². The maximum Gasteiger partial charge on any atom is 0.277 e. The van der Waals surface area contributed by atoms with Gasteiger partial charge in [-0.1, -0.05) is 18.2 Å². The molecule has 0 fully saturated rings. The van der Waals surface area contributed by atoms with E-state index in [2.05, 4.69) is 26.2 Å². The molecule has 2 aromatic carbocycles. The molecule has 0 spiro atoms. The van der Waals surface area contributed by atoms with E-state index in [1.165, 1.54) is 12.3 Å². The second kappa shape index (κ2) is 6.13. The number of carbonyl (C=O) groups excluding carboxylic acids is 1. The molecule has 0 atom stereocenters. The number of amides is 1. The second-order valence-electron chi connectivity index (χ2n) is 4.82. The van der Waals surface area contributed by atoms with Crippen molar-refractivity contribution in [1.82, 2.24) is 4.98 Å². The van der Waals surface area contributed by atoms with Gasteiger partial charge in [0, 0.05) is 28.6 Å². The van der Waals surface area contributed by atoms with Crippen molar-refractivity contribution >= 4 is 44.0 Å². The number of carbonyl (C=O) groups is 1. The van der Waals surface area contributed by atoms with Gasteiger partial charge >= 0.3 is 0 Å². The lowest BCUT2D eigenvalue weighted by Crippen LogP contribution is -2.12. The van der Waals surface area contributed by atoms with Crippen molar-refractivity contribution in [1.29, 1.82) is 0 Å². The molecular formula is C16H10BrN3O3. The van der Waals surface area contributed by atoms with Gasteiger partial charge in [0.05, 0.1) is 15.9 Å². The molecule has 0 aliphatic heterocycles. The molecule has 114 valence electrons. The summed E-state index contributed by atoms with van der Waals surface area (Å²) in [4.78, 5) is 26.8. The van der Waals surface area contributed by atoms with Crippen molar-refractivity contribution in [2.45, 2.75) is 0 Å². The smallest absolute Gasteiger partial charge is 0.277 e. The van der Waals surface area contributed by atoms with Crippen LogP contribution in [-0.2, 0) is 0 Å². The quantitative estimate of drug-likeness (QED) is 0.553. The van der Waals surface area contributed by atoms with E-state index in [9.17, 15) is 14.9 Å².